The molecule has 0 aliphatic heterocycles. The van der Waals surface area contributed by atoms with E-state index < -0.39 is 0 Å². The lowest BCUT2D eigenvalue weighted by atomic mass is 9.99. The highest BCUT2D eigenvalue weighted by molar-refractivity contribution is 4.84. The second-order valence-electron chi connectivity index (χ2n) is 10.3. The van der Waals surface area contributed by atoms with Crippen molar-refractivity contribution in [2.75, 3.05) is 0 Å². The van der Waals surface area contributed by atoms with E-state index in [1.54, 1.807) is 0 Å². The highest BCUT2D eigenvalue weighted by Gasteiger charge is 2.16. The summed E-state index contributed by atoms with van der Waals surface area (Å²) in [5.41, 5.74) is 0. The first-order valence-corrected chi connectivity index (χ1v) is 14.8. The quantitative estimate of drug-likeness (QED) is 0.110. The Bertz CT molecular complexity index is 469. The van der Waals surface area contributed by atoms with E-state index in [1.165, 1.54) is 148 Å². The zero-order valence-electron chi connectivity index (χ0n) is 22.2. The zero-order valence-corrected chi connectivity index (χ0v) is 22.2. The van der Waals surface area contributed by atoms with E-state index in [0.717, 1.165) is 0 Å². The Balaban J connectivity index is 2.00. The van der Waals surface area contributed by atoms with Crippen molar-refractivity contribution in [1.29, 1.82) is 0 Å². The van der Waals surface area contributed by atoms with Gasteiger partial charge in [-0.15, -0.1) is 0 Å². The van der Waals surface area contributed by atoms with Crippen LogP contribution in [0.4, 0.5) is 0 Å². The van der Waals surface area contributed by atoms with Crippen LogP contribution in [0.3, 0.4) is 0 Å². The van der Waals surface area contributed by atoms with Crippen LogP contribution in [0.2, 0.25) is 0 Å². The van der Waals surface area contributed by atoms with Gasteiger partial charge in [0.15, 0.2) is 18.4 Å². The normalized spacial score (nSPS) is 12.3. The number of hydrogen-bond donors (Lipinski definition) is 0. The minimum atomic E-state index is 0.712. The summed E-state index contributed by atoms with van der Waals surface area (Å²) < 4.78 is 2.48. The summed E-state index contributed by atoms with van der Waals surface area (Å²) >= 11 is 0. The molecule has 0 saturated carbocycles. The van der Waals surface area contributed by atoms with Crippen molar-refractivity contribution in [3.05, 3.63) is 30.6 Å². The van der Waals surface area contributed by atoms with Crippen LogP contribution >= 0.6 is 0 Å². The summed E-state index contributed by atoms with van der Waals surface area (Å²) in [6, 6.07) is 7.25. The van der Waals surface area contributed by atoms with Crippen LogP contribution in [0, 0.1) is 0 Å². The lowest BCUT2D eigenvalue weighted by Crippen LogP contribution is -2.38. The standard InChI is InChI=1S/C31H58N/c1-3-5-7-9-11-12-13-14-15-16-17-18-19-21-24-28-31(32-29-25-22-26-30-32)27-23-20-10-8-6-4-2/h22,25-26,29-31H,3-21,23-24,27-28H2,1-2H3/q+1/t31-/m0/s1. The lowest BCUT2D eigenvalue weighted by Gasteiger charge is -2.12. The average molecular weight is 445 g/mol. The average Bonchev–Trinajstić information content (AvgIpc) is 2.83. The molecule has 1 rings (SSSR count). The molecule has 0 amide bonds. The van der Waals surface area contributed by atoms with E-state index in [0.29, 0.717) is 6.04 Å². The molecular weight excluding hydrogens is 386 g/mol. The topological polar surface area (TPSA) is 3.88 Å². The van der Waals surface area contributed by atoms with Crippen molar-refractivity contribution >= 4 is 0 Å². The smallest absolute Gasteiger partial charge is 0.169 e. The van der Waals surface area contributed by atoms with Crippen LogP contribution in [-0.4, -0.2) is 0 Å². The van der Waals surface area contributed by atoms with Crippen molar-refractivity contribution < 1.29 is 4.57 Å². The van der Waals surface area contributed by atoms with Gasteiger partial charge in [0.2, 0.25) is 0 Å². The molecule has 0 aromatic carbocycles. The maximum Gasteiger partial charge on any atom is 0.169 e. The van der Waals surface area contributed by atoms with Crippen LogP contribution in [0.1, 0.15) is 168 Å². The van der Waals surface area contributed by atoms with Crippen LogP contribution in [-0.2, 0) is 0 Å². The molecular formula is C31H58N+. The highest BCUT2D eigenvalue weighted by Crippen LogP contribution is 2.20. The second kappa shape index (κ2) is 23.3. The first-order chi connectivity index (χ1) is 15.9. The van der Waals surface area contributed by atoms with E-state index in [9.17, 15) is 0 Å². The Morgan fingerprint density at radius 3 is 1.06 bits per heavy atom. The molecule has 0 unspecified atom stereocenters. The third kappa shape index (κ3) is 17.7. The fourth-order valence-corrected chi connectivity index (χ4v) is 5.01. The molecule has 0 N–H and O–H groups in total. The number of unbranched alkanes of at least 4 members (excludes halogenated alkanes) is 19. The molecule has 1 atom stereocenters. The van der Waals surface area contributed by atoms with Gasteiger partial charge in [0.1, 0.15) is 0 Å². The van der Waals surface area contributed by atoms with Crippen molar-refractivity contribution in [2.45, 2.75) is 168 Å². The highest BCUT2D eigenvalue weighted by atomic mass is 15.0. The van der Waals surface area contributed by atoms with Crippen molar-refractivity contribution in [3.63, 3.8) is 0 Å². The molecule has 32 heavy (non-hydrogen) atoms. The Kier molecular flexibility index (Phi) is 21.3. The first-order valence-electron chi connectivity index (χ1n) is 14.8. The molecule has 0 spiro atoms. The van der Waals surface area contributed by atoms with Gasteiger partial charge in [-0.1, -0.05) is 142 Å². The number of aromatic nitrogens is 1. The third-order valence-corrected chi connectivity index (χ3v) is 7.19. The van der Waals surface area contributed by atoms with Crippen molar-refractivity contribution in [2.24, 2.45) is 0 Å². The summed E-state index contributed by atoms with van der Waals surface area (Å²) in [5.74, 6) is 0. The molecule has 1 heteroatoms. The lowest BCUT2D eigenvalue weighted by molar-refractivity contribution is -0.724. The van der Waals surface area contributed by atoms with Crippen molar-refractivity contribution in [3.8, 4) is 0 Å². The largest absolute Gasteiger partial charge is 0.202 e. The van der Waals surface area contributed by atoms with Gasteiger partial charge in [-0.2, -0.15) is 0 Å². The molecule has 1 nitrogen and oxygen atoms in total. The molecule has 1 heterocycles. The molecule has 1 aromatic rings. The molecule has 0 saturated heterocycles. The van der Waals surface area contributed by atoms with Gasteiger partial charge in [0.25, 0.3) is 0 Å². The number of rotatable bonds is 24. The van der Waals surface area contributed by atoms with Crippen LogP contribution in [0.15, 0.2) is 30.6 Å². The molecule has 0 radical (unpaired) electrons. The molecule has 0 bridgehead atoms. The Labute approximate surface area is 202 Å². The van der Waals surface area contributed by atoms with E-state index in [4.69, 9.17) is 0 Å². The van der Waals surface area contributed by atoms with Gasteiger partial charge in [-0.3, -0.25) is 0 Å². The molecule has 0 aliphatic rings. The number of nitrogens with zero attached hydrogens (tertiary/aromatic N) is 1. The van der Waals surface area contributed by atoms with Crippen LogP contribution in [0.5, 0.6) is 0 Å². The van der Waals surface area contributed by atoms with E-state index in [1.807, 2.05) is 0 Å². The second-order valence-corrected chi connectivity index (χ2v) is 10.3. The van der Waals surface area contributed by atoms with Gasteiger partial charge in [0.05, 0.1) is 0 Å². The molecule has 186 valence electrons. The van der Waals surface area contributed by atoms with E-state index >= 15 is 0 Å². The first kappa shape index (κ1) is 29.2. The summed E-state index contributed by atoms with van der Waals surface area (Å²) in [6.07, 6.45) is 37.5. The zero-order chi connectivity index (χ0) is 23.0. The summed E-state index contributed by atoms with van der Waals surface area (Å²) in [4.78, 5) is 0. The predicted molar refractivity (Wildman–Crippen MR) is 143 cm³/mol. The van der Waals surface area contributed by atoms with E-state index in [2.05, 4.69) is 49.0 Å². The Hall–Kier alpha value is -0.850. The van der Waals surface area contributed by atoms with Crippen molar-refractivity contribution in [1.82, 2.24) is 0 Å². The SMILES string of the molecule is CCCCCCCCCCCCCCCCC[C@H](CCCCCCCC)[n+]1ccccc1. The molecule has 0 fully saturated rings. The van der Waals surface area contributed by atoms with Gasteiger partial charge in [-0.25, -0.2) is 4.57 Å². The molecule has 1 aromatic heterocycles. The van der Waals surface area contributed by atoms with Crippen LogP contribution < -0.4 is 4.57 Å². The fourth-order valence-electron chi connectivity index (χ4n) is 5.01. The minimum absolute atomic E-state index is 0.712. The monoisotopic (exact) mass is 444 g/mol. The van der Waals surface area contributed by atoms with Gasteiger partial charge in [0, 0.05) is 25.0 Å². The van der Waals surface area contributed by atoms with E-state index in [-0.39, 0.29) is 0 Å². The van der Waals surface area contributed by atoms with Gasteiger partial charge < -0.3 is 0 Å². The maximum absolute atomic E-state index is 2.48. The Morgan fingerprint density at radius 2 is 0.719 bits per heavy atom. The number of pyridine rings is 1. The minimum Gasteiger partial charge on any atom is -0.202 e. The molecule has 0 aliphatic carbocycles. The third-order valence-electron chi connectivity index (χ3n) is 7.19. The maximum atomic E-state index is 2.48. The number of hydrogen-bond acceptors (Lipinski definition) is 0. The summed E-state index contributed by atoms with van der Waals surface area (Å²) in [7, 11) is 0. The summed E-state index contributed by atoms with van der Waals surface area (Å²) in [5, 5.41) is 0. The Morgan fingerprint density at radius 1 is 0.406 bits per heavy atom. The van der Waals surface area contributed by atoms with Gasteiger partial charge >= 0.3 is 0 Å². The fraction of sp³-hybridized carbons (Fsp3) is 0.839. The predicted octanol–water partition coefficient (Wildman–Crippen LogP) is 10.5. The summed E-state index contributed by atoms with van der Waals surface area (Å²) in [6.45, 7) is 4.61. The van der Waals surface area contributed by atoms with Crippen LogP contribution in [0.25, 0.3) is 0 Å². The van der Waals surface area contributed by atoms with Gasteiger partial charge in [-0.05, 0) is 12.8 Å².